The van der Waals surface area contributed by atoms with Gasteiger partial charge in [0.15, 0.2) is 0 Å². The second-order valence-electron chi connectivity index (χ2n) is 8.14. The highest BCUT2D eigenvalue weighted by molar-refractivity contribution is 5.96. The van der Waals surface area contributed by atoms with E-state index >= 15 is 0 Å². The summed E-state index contributed by atoms with van der Waals surface area (Å²) in [6.07, 6.45) is 9.21. The van der Waals surface area contributed by atoms with Crippen LogP contribution in [0.15, 0.2) is 35.7 Å². The first-order valence-electron chi connectivity index (χ1n) is 11.5. The molecule has 0 spiro atoms. The van der Waals surface area contributed by atoms with Crippen LogP contribution >= 0.6 is 0 Å². The van der Waals surface area contributed by atoms with Crippen molar-refractivity contribution in [3.05, 3.63) is 35.7 Å². The molecule has 0 bridgehead atoms. The van der Waals surface area contributed by atoms with Gasteiger partial charge in [-0.2, -0.15) is 0 Å². The second kappa shape index (κ2) is 13.7. The Balaban J connectivity index is 1.78. The summed E-state index contributed by atoms with van der Waals surface area (Å²) in [6.45, 7) is 7.04. The third-order valence-corrected chi connectivity index (χ3v) is 5.57. The summed E-state index contributed by atoms with van der Waals surface area (Å²) in [5, 5.41) is 10.5. The van der Waals surface area contributed by atoms with Crippen LogP contribution in [0.2, 0.25) is 0 Å². The van der Waals surface area contributed by atoms with Gasteiger partial charge in [0.25, 0.3) is 5.91 Å². The number of hydrogen-bond donors (Lipinski definition) is 2. The molecule has 1 amide bonds. The average Bonchev–Trinajstić information content (AvgIpc) is 3.12. The highest BCUT2D eigenvalue weighted by atomic mass is 19.1. The zero-order valence-electron chi connectivity index (χ0n) is 19.1. The number of hydrogen-bond acceptors (Lipinski definition) is 5. The van der Waals surface area contributed by atoms with Gasteiger partial charge in [-0.15, -0.1) is 5.17 Å². The van der Waals surface area contributed by atoms with Gasteiger partial charge in [0, 0.05) is 44.3 Å². The second-order valence-corrected chi connectivity index (χ2v) is 8.14. The molecule has 6 nitrogen and oxygen atoms in total. The van der Waals surface area contributed by atoms with Crippen LogP contribution in [0.3, 0.4) is 0 Å². The van der Waals surface area contributed by atoms with Crippen LogP contribution in [0, 0.1) is 0 Å². The molecule has 0 radical (unpaired) electrons. The fourth-order valence-corrected chi connectivity index (χ4v) is 4.07. The first kappa shape index (κ1) is 25.6. The van der Waals surface area contributed by atoms with E-state index < -0.39 is 17.9 Å². The van der Waals surface area contributed by atoms with Crippen molar-refractivity contribution in [3.8, 4) is 0 Å². The van der Waals surface area contributed by atoms with Crippen molar-refractivity contribution in [3.63, 3.8) is 0 Å². The lowest BCUT2D eigenvalue weighted by Gasteiger charge is -2.34. The van der Waals surface area contributed by atoms with E-state index in [4.69, 9.17) is 4.84 Å². The summed E-state index contributed by atoms with van der Waals surface area (Å²) >= 11 is 0. The minimum Gasteiger partial charge on any atom is -0.351 e. The number of nitrogens with one attached hydrogen (secondary N) is 2. The van der Waals surface area contributed by atoms with Gasteiger partial charge in [-0.1, -0.05) is 20.3 Å². The van der Waals surface area contributed by atoms with Crippen molar-refractivity contribution in [2.45, 2.75) is 70.6 Å². The van der Waals surface area contributed by atoms with Crippen molar-refractivity contribution in [1.82, 2.24) is 20.8 Å². The molecule has 1 heterocycles. The van der Waals surface area contributed by atoms with Gasteiger partial charge in [0.05, 0.1) is 6.61 Å². The standard InChI is InChI=1S/C23H38F2N4O2/c1-4-7-21(17-22-8-6-13-29(22)28(3)31-14-5-2)26-11-12-27-23(30)18-9-10-19(24)16-20(25)15-18/h9-10,15-16,20-22,26H,4-8,11-14,17H2,1-3H3,(H,27,30). The van der Waals surface area contributed by atoms with E-state index in [9.17, 15) is 13.6 Å². The normalized spacial score (nSPS) is 22.9. The van der Waals surface area contributed by atoms with Gasteiger partial charge in [0.2, 0.25) is 0 Å². The molecule has 31 heavy (non-hydrogen) atoms. The van der Waals surface area contributed by atoms with E-state index in [1.54, 1.807) is 0 Å². The van der Waals surface area contributed by atoms with Gasteiger partial charge < -0.3 is 10.6 Å². The number of amides is 1. The lowest BCUT2D eigenvalue weighted by atomic mass is 10.0. The Hall–Kier alpha value is -1.61. The molecule has 2 N–H and O–H groups in total. The molecule has 0 aromatic rings. The lowest BCUT2D eigenvalue weighted by Crippen LogP contribution is -2.46. The summed E-state index contributed by atoms with van der Waals surface area (Å²) in [7, 11) is 1.98. The highest BCUT2D eigenvalue weighted by Crippen LogP contribution is 2.24. The molecule has 3 atom stereocenters. The minimum absolute atomic E-state index is 0.137. The van der Waals surface area contributed by atoms with Crippen molar-refractivity contribution < 1.29 is 18.4 Å². The Kier molecular flexibility index (Phi) is 11.4. The topological polar surface area (TPSA) is 56.8 Å². The van der Waals surface area contributed by atoms with Crippen LogP contribution in [0.5, 0.6) is 0 Å². The van der Waals surface area contributed by atoms with Crippen LogP contribution in [-0.2, 0) is 9.63 Å². The predicted octanol–water partition coefficient (Wildman–Crippen LogP) is 3.59. The molecule has 0 aromatic heterocycles. The number of hydrazine groups is 1. The number of carbonyl (C=O) groups excluding carboxylic acids is 1. The average molecular weight is 441 g/mol. The largest absolute Gasteiger partial charge is 0.351 e. The molecule has 1 saturated heterocycles. The van der Waals surface area contributed by atoms with Crippen molar-refractivity contribution in [2.24, 2.45) is 0 Å². The first-order chi connectivity index (χ1) is 14.9. The predicted molar refractivity (Wildman–Crippen MR) is 119 cm³/mol. The Morgan fingerprint density at radius 1 is 1.29 bits per heavy atom. The van der Waals surface area contributed by atoms with E-state index in [0.717, 1.165) is 63.3 Å². The summed E-state index contributed by atoms with van der Waals surface area (Å²) < 4.78 is 26.8. The van der Waals surface area contributed by atoms with Gasteiger partial charge in [0.1, 0.15) is 12.0 Å². The number of carbonyl (C=O) groups is 1. The molecule has 1 aliphatic heterocycles. The molecule has 0 saturated carbocycles. The fourth-order valence-electron chi connectivity index (χ4n) is 4.07. The maximum absolute atomic E-state index is 13.6. The number of nitrogens with zero attached hydrogens (tertiary/aromatic N) is 2. The minimum atomic E-state index is -1.60. The SMILES string of the molecule is CCCON(C)N1CCCC1CC(CCC)NCCNC(=O)C1=CC(F)C=C(F)C=C1. The molecular formula is C23H38F2N4O2. The Morgan fingerprint density at radius 2 is 2.10 bits per heavy atom. The summed E-state index contributed by atoms with van der Waals surface area (Å²) in [5.41, 5.74) is 0.137. The van der Waals surface area contributed by atoms with Crippen LogP contribution in [0.1, 0.15) is 52.4 Å². The van der Waals surface area contributed by atoms with Crippen LogP contribution in [0.25, 0.3) is 0 Å². The van der Waals surface area contributed by atoms with E-state index in [1.807, 2.05) is 12.2 Å². The maximum Gasteiger partial charge on any atom is 0.251 e. The van der Waals surface area contributed by atoms with E-state index in [0.29, 0.717) is 31.8 Å². The highest BCUT2D eigenvalue weighted by Gasteiger charge is 2.30. The van der Waals surface area contributed by atoms with E-state index in [-0.39, 0.29) is 5.57 Å². The number of rotatable bonds is 13. The molecule has 1 fully saturated rings. The summed E-state index contributed by atoms with van der Waals surface area (Å²) in [5.74, 6) is -1.07. The van der Waals surface area contributed by atoms with Crippen molar-refractivity contribution in [1.29, 1.82) is 0 Å². The third kappa shape index (κ3) is 8.80. The molecule has 2 aliphatic rings. The zero-order valence-corrected chi connectivity index (χ0v) is 19.1. The van der Waals surface area contributed by atoms with Crippen LogP contribution in [0.4, 0.5) is 8.78 Å². The maximum atomic E-state index is 13.6. The van der Waals surface area contributed by atoms with Gasteiger partial charge >= 0.3 is 0 Å². The first-order valence-corrected chi connectivity index (χ1v) is 11.5. The Morgan fingerprint density at radius 3 is 2.84 bits per heavy atom. The van der Waals surface area contributed by atoms with E-state index in [1.165, 1.54) is 6.08 Å². The van der Waals surface area contributed by atoms with Gasteiger partial charge in [-0.05, 0) is 56.4 Å². The molecule has 0 aromatic carbocycles. The molecule has 3 unspecified atom stereocenters. The van der Waals surface area contributed by atoms with Crippen LogP contribution < -0.4 is 10.6 Å². The van der Waals surface area contributed by atoms with Gasteiger partial charge in [-0.3, -0.25) is 9.63 Å². The molecular weight excluding hydrogens is 402 g/mol. The molecule has 1 aliphatic carbocycles. The third-order valence-electron chi connectivity index (χ3n) is 5.57. The van der Waals surface area contributed by atoms with E-state index in [2.05, 4.69) is 29.5 Å². The van der Waals surface area contributed by atoms with Crippen molar-refractivity contribution in [2.75, 3.05) is 33.3 Å². The summed E-state index contributed by atoms with van der Waals surface area (Å²) in [6, 6.07) is 0.781. The molecule has 2 rings (SSSR count). The smallest absolute Gasteiger partial charge is 0.251 e. The van der Waals surface area contributed by atoms with Gasteiger partial charge in [-0.25, -0.2) is 13.8 Å². The number of alkyl halides is 1. The fraction of sp³-hybridized carbons (Fsp3) is 0.696. The Labute approximate surface area is 185 Å². The quantitative estimate of drug-likeness (QED) is 0.339. The molecule has 176 valence electrons. The Bertz CT molecular complexity index is 653. The number of allylic oxidation sites excluding steroid dienone is 4. The van der Waals surface area contributed by atoms with Crippen molar-refractivity contribution >= 4 is 5.91 Å². The lowest BCUT2D eigenvalue weighted by molar-refractivity contribution is -0.273. The number of halogens is 2. The van der Waals surface area contributed by atoms with Crippen LogP contribution in [-0.4, -0.2) is 67.6 Å². The zero-order chi connectivity index (χ0) is 22.6. The monoisotopic (exact) mass is 440 g/mol. The molecule has 8 heteroatoms. The summed E-state index contributed by atoms with van der Waals surface area (Å²) in [4.78, 5) is 18.0. The number of hydroxylamine groups is 1.